The van der Waals surface area contributed by atoms with E-state index in [1.165, 1.54) is 12.5 Å². The zero-order valence-electron chi connectivity index (χ0n) is 21.1. The number of carbonyl (C=O) groups is 6. The van der Waals surface area contributed by atoms with E-state index in [0.717, 1.165) is 27.7 Å². The average molecular weight is 536 g/mol. The van der Waals surface area contributed by atoms with Crippen LogP contribution in [-0.4, -0.2) is 60.1 Å². The number of amides is 2. The van der Waals surface area contributed by atoms with Crippen molar-refractivity contribution in [1.29, 1.82) is 0 Å². The van der Waals surface area contributed by atoms with E-state index in [0.29, 0.717) is 11.5 Å². The Hall–Kier alpha value is -4.62. The van der Waals surface area contributed by atoms with Crippen molar-refractivity contribution in [2.45, 2.75) is 65.2 Å². The third-order valence-corrected chi connectivity index (χ3v) is 4.66. The minimum atomic E-state index is -1.94. The maximum absolute atomic E-state index is 13.1. The van der Waals surface area contributed by atoms with Gasteiger partial charge in [0.15, 0.2) is 12.2 Å². The summed E-state index contributed by atoms with van der Waals surface area (Å²) in [5.74, 6) is -5.19. The third kappa shape index (κ3) is 9.44. The number of esters is 4. The summed E-state index contributed by atoms with van der Waals surface area (Å²) in [6, 6.07) is 6.28. The fourth-order valence-electron chi connectivity index (χ4n) is 3.26. The summed E-state index contributed by atoms with van der Waals surface area (Å²) in [6.45, 7) is 3.62. The molecular weight excluding hydrogens is 508 g/mol. The van der Waals surface area contributed by atoms with E-state index in [9.17, 15) is 28.8 Å². The fourth-order valence-corrected chi connectivity index (χ4v) is 3.26. The molecule has 2 N–H and O–H groups in total. The van der Waals surface area contributed by atoms with Crippen LogP contribution in [0.1, 0.15) is 39.2 Å². The number of nitrogens with one attached hydrogen (secondary N) is 2. The van der Waals surface area contributed by atoms with Gasteiger partial charge in [0, 0.05) is 27.7 Å². The predicted octanol–water partition coefficient (Wildman–Crippen LogP) is 0.532. The second-order valence-electron chi connectivity index (χ2n) is 7.80. The SMILES string of the molecule is CC(=O)O[C@H]([C@@H](OC(C)=O)[C@@H](OC(C)=O)C(=O)NCc1ccco1)[C@H](OC(C)=O)C(=O)NCc1ccco1. The lowest BCUT2D eigenvalue weighted by Crippen LogP contribution is -2.59. The van der Waals surface area contributed by atoms with Gasteiger partial charge in [-0.3, -0.25) is 28.8 Å². The molecule has 2 heterocycles. The van der Waals surface area contributed by atoms with Crippen molar-refractivity contribution in [3.63, 3.8) is 0 Å². The fraction of sp³-hybridized carbons (Fsp3) is 0.417. The second-order valence-corrected chi connectivity index (χ2v) is 7.80. The molecule has 0 saturated heterocycles. The van der Waals surface area contributed by atoms with Crippen molar-refractivity contribution < 1.29 is 56.5 Å². The molecule has 0 bridgehead atoms. The van der Waals surface area contributed by atoms with Crippen molar-refractivity contribution in [3.8, 4) is 0 Å². The number of hydrogen-bond donors (Lipinski definition) is 2. The molecule has 38 heavy (non-hydrogen) atoms. The minimum absolute atomic E-state index is 0.147. The molecule has 0 aliphatic rings. The van der Waals surface area contributed by atoms with Gasteiger partial charge in [0.25, 0.3) is 11.8 Å². The number of hydrogen-bond acceptors (Lipinski definition) is 12. The lowest BCUT2D eigenvalue weighted by Gasteiger charge is -2.34. The van der Waals surface area contributed by atoms with E-state index in [2.05, 4.69) is 10.6 Å². The van der Waals surface area contributed by atoms with Gasteiger partial charge in [-0.25, -0.2) is 0 Å². The van der Waals surface area contributed by atoms with Gasteiger partial charge < -0.3 is 38.4 Å². The topological polar surface area (TPSA) is 190 Å². The van der Waals surface area contributed by atoms with Gasteiger partial charge in [-0.1, -0.05) is 0 Å². The first-order valence-electron chi connectivity index (χ1n) is 11.3. The molecule has 0 spiro atoms. The molecule has 0 radical (unpaired) electrons. The highest BCUT2D eigenvalue weighted by Gasteiger charge is 2.49. The van der Waals surface area contributed by atoms with Crippen LogP contribution in [0.4, 0.5) is 0 Å². The van der Waals surface area contributed by atoms with Crippen molar-refractivity contribution in [1.82, 2.24) is 10.6 Å². The van der Waals surface area contributed by atoms with E-state index in [1.807, 2.05) is 0 Å². The molecule has 2 aromatic heterocycles. The molecule has 0 fully saturated rings. The van der Waals surface area contributed by atoms with Crippen LogP contribution in [0.3, 0.4) is 0 Å². The number of carbonyl (C=O) groups excluding carboxylic acids is 6. The lowest BCUT2D eigenvalue weighted by atomic mass is 10.00. The molecule has 0 aromatic carbocycles. The van der Waals surface area contributed by atoms with Crippen LogP contribution in [0, 0.1) is 0 Å². The number of ether oxygens (including phenoxy) is 4. The Balaban J connectivity index is 2.46. The normalized spacial score (nSPS) is 13.7. The molecule has 4 atom stereocenters. The van der Waals surface area contributed by atoms with Gasteiger partial charge in [0.2, 0.25) is 12.2 Å². The van der Waals surface area contributed by atoms with Gasteiger partial charge in [0.05, 0.1) is 25.6 Å². The zero-order chi connectivity index (χ0) is 28.2. The molecule has 206 valence electrons. The molecule has 0 saturated carbocycles. The van der Waals surface area contributed by atoms with Crippen LogP contribution in [0.25, 0.3) is 0 Å². The Morgan fingerprint density at radius 1 is 0.632 bits per heavy atom. The average Bonchev–Trinajstić information content (AvgIpc) is 3.54. The molecular formula is C24H28N2O12. The number of furan rings is 2. The van der Waals surface area contributed by atoms with Crippen LogP contribution < -0.4 is 10.6 Å². The maximum Gasteiger partial charge on any atom is 0.303 e. The van der Waals surface area contributed by atoms with Gasteiger partial charge in [0.1, 0.15) is 11.5 Å². The first kappa shape index (κ1) is 29.6. The summed E-state index contributed by atoms with van der Waals surface area (Å²) >= 11 is 0. The Morgan fingerprint density at radius 2 is 0.974 bits per heavy atom. The van der Waals surface area contributed by atoms with Gasteiger partial charge in [-0.15, -0.1) is 0 Å². The third-order valence-electron chi connectivity index (χ3n) is 4.66. The molecule has 14 heteroatoms. The first-order chi connectivity index (χ1) is 18.0. The highest BCUT2D eigenvalue weighted by Crippen LogP contribution is 2.21. The first-order valence-corrected chi connectivity index (χ1v) is 11.3. The number of rotatable bonds is 13. The summed E-state index contributed by atoms with van der Waals surface area (Å²) in [5, 5.41) is 4.89. The Bertz CT molecular complexity index is 1020. The zero-order valence-corrected chi connectivity index (χ0v) is 21.1. The van der Waals surface area contributed by atoms with Crippen LogP contribution in [0.15, 0.2) is 45.6 Å². The highest BCUT2D eigenvalue weighted by atomic mass is 16.6. The van der Waals surface area contributed by atoms with Gasteiger partial charge >= 0.3 is 23.9 Å². The quantitative estimate of drug-likeness (QED) is 0.267. The van der Waals surface area contributed by atoms with Crippen LogP contribution in [-0.2, 0) is 60.8 Å². The van der Waals surface area contributed by atoms with E-state index in [4.69, 9.17) is 27.8 Å². The summed E-state index contributed by atoms with van der Waals surface area (Å²) in [5.41, 5.74) is 0. The lowest BCUT2D eigenvalue weighted by molar-refractivity contribution is -0.200. The second kappa shape index (κ2) is 14.2. The van der Waals surface area contributed by atoms with E-state index in [-0.39, 0.29) is 13.1 Å². The van der Waals surface area contributed by atoms with E-state index >= 15 is 0 Å². The molecule has 14 nitrogen and oxygen atoms in total. The Labute approximate surface area is 216 Å². The van der Waals surface area contributed by atoms with Crippen molar-refractivity contribution in [2.24, 2.45) is 0 Å². The monoisotopic (exact) mass is 536 g/mol. The van der Waals surface area contributed by atoms with Crippen molar-refractivity contribution >= 4 is 35.7 Å². The van der Waals surface area contributed by atoms with E-state index in [1.54, 1.807) is 24.3 Å². The van der Waals surface area contributed by atoms with Crippen LogP contribution in [0.2, 0.25) is 0 Å². The van der Waals surface area contributed by atoms with Gasteiger partial charge in [-0.2, -0.15) is 0 Å². The largest absolute Gasteiger partial charge is 0.467 e. The highest BCUT2D eigenvalue weighted by molar-refractivity contribution is 5.87. The van der Waals surface area contributed by atoms with Crippen molar-refractivity contribution in [2.75, 3.05) is 0 Å². The molecule has 0 unspecified atom stereocenters. The molecule has 2 rings (SSSR count). The minimum Gasteiger partial charge on any atom is -0.467 e. The molecule has 2 aromatic rings. The predicted molar refractivity (Wildman–Crippen MR) is 123 cm³/mol. The molecule has 0 aliphatic heterocycles. The van der Waals surface area contributed by atoms with Crippen LogP contribution in [0.5, 0.6) is 0 Å². The van der Waals surface area contributed by atoms with Crippen molar-refractivity contribution in [3.05, 3.63) is 48.3 Å². The molecule has 2 amide bonds. The Morgan fingerprint density at radius 3 is 1.24 bits per heavy atom. The maximum atomic E-state index is 13.1. The van der Waals surface area contributed by atoms with Crippen LogP contribution >= 0.6 is 0 Å². The standard InChI is InChI=1S/C24H28N2O12/c1-13(27)35-19(21(37-15(3)29)23(31)25-11-17-7-5-9-33-17)20(36-14(2)28)22(38-16(4)30)24(32)26-12-18-8-6-10-34-18/h5-10,19-22H,11-12H2,1-4H3,(H,25,31)(H,26,32)/t19-,20-,21-,22+/m1/s1. The van der Waals surface area contributed by atoms with E-state index < -0.39 is 60.1 Å². The summed E-state index contributed by atoms with van der Waals surface area (Å²) in [7, 11) is 0. The molecule has 0 aliphatic carbocycles. The smallest absolute Gasteiger partial charge is 0.303 e. The summed E-state index contributed by atoms with van der Waals surface area (Å²) < 4.78 is 31.0. The summed E-state index contributed by atoms with van der Waals surface area (Å²) in [4.78, 5) is 74.1. The Kier molecular flexibility index (Phi) is 11.1. The van der Waals surface area contributed by atoms with Gasteiger partial charge in [-0.05, 0) is 24.3 Å². The summed E-state index contributed by atoms with van der Waals surface area (Å²) in [6.07, 6.45) is -4.98.